The molecule has 0 bridgehead atoms. The highest BCUT2D eigenvalue weighted by Crippen LogP contribution is 2.34. The zero-order chi connectivity index (χ0) is 22.8. The first kappa shape index (κ1) is 23.5. The summed E-state index contributed by atoms with van der Waals surface area (Å²) >= 11 is 0. The standard InChI is InChI=1S/C27H28O4S/c1-3-4-6-17-25(32(29)24-18-11-15-21-12-9-10-16-23(21)24)27(22-13-7-5-8-14-22)31-20-19-26(28)30-2/h5,7-20,27H,3-4,6H2,1-2H3/b20-19+,25-17+/t27-,32?/m0/s1. The van der Waals surface area contributed by atoms with E-state index in [1.807, 2.05) is 78.9 Å². The molecule has 0 heterocycles. The monoisotopic (exact) mass is 448 g/mol. The highest BCUT2D eigenvalue weighted by Gasteiger charge is 2.25. The van der Waals surface area contributed by atoms with E-state index >= 15 is 0 Å². The second kappa shape index (κ2) is 12.0. The van der Waals surface area contributed by atoms with E-state index in [2.05, 4.69) is 11.7 Å². The molecular formula is C27H28O4S. The third-order valence-electron chi connectivity index (χ3n) is 5.05. The molecule has 0 aromatic heterocycles. The maximum Gasteiger partial charge on any atom is 0.333 e. The lowest BCUT2D eigenvalue weighted by Crippen LogP contribution is -2.11. The molecule has 0 saturated carbocycles. The van der Waals surface area contributed by atoms with E-state index in [0.717, 1.165) is 40.5 Å². The van der Waals surface area contributed by atoms with Gasteiger partial charge in [0.2, 0.25) is 0 Å². The van der Waals surface area contributed by atoms with Gasteiger partial charge in [-0.25, -0.2) is 9.00 Å². The summed E-state index contributed by atoms with van der Waals surface area (Å²) in [5.74, 6) is -0.511. The molecule has 0 aliphatic heterocycles. The number of esters is 1. The summed E-state index contributed by atoms with van der Waals surface area (Å²) in [5, 5.41) is 1.99. The molecule has 0 saturated heterocycles. The van der Waals surface area contributed by atoms with Crippen molar-refractivity contribution in [2.45, 2.75) is 37.2 Å². The van der Waals surface area contributed by atoms with Crippen LogP contribution in [-0.4, -0.2) is 17.3 Å². The van der Waals surface area contributed by atoms with Gasteiger partial charge in [-0.1, -0.05) is 92.6 Å². The predicted molar refractivity (Wildman–Crippen MR) is 129 cm³/mol. The minimum Gasteiger partial charge on any atom is -0.488 e. The SMILES string of the molecule is CCCC/C=C(\[C@@H](O/C=C/C(=O)OC)c1ccccc1)S(=O)c1cccc2ccccc12. The fraction of sp³-hybridized carbons (Fsp3) is 0.222. The van der Waals surface area contributed by atoms with Gasteiger partial charge >= 0.3 is 5.97 Å². The highest BCUT2D eigenvalue weighted by molar-refractivity contribution is 7.89. The molecule has 1 unspecified atom stereocenters. The van der Waals surface area contributed by atoms with Crippen LogP contribution in [0.25, 0.3) is 10.8 Å². The van der Waals surface area contributed by atoms with Crippen LogP contribution in [0.2, 0.25) is 0 Å². The summed E-state index contributed by atoms with van der Waals surface area (Å²) in [5.41, 5.74) is 0.860. The summed E-state index contributed by atoms with van der Waals surface area (Å²) in [7, 11) is -0.147. The van der Waals surface area contributed by atoms with Crippen LogP contribution in [0.3, 0.4) is 0 Å². The van der Waals surface area contributed by atoms with Gasteiger partial charge in [0.25, 0.3) is 0 Å². The average molecular weight is 449 g/mol. The van der Waals surface area contributed by atoms with Gasteiger partial charge in [-0.3, -0.25) is 0 Å². The molecule has 0 radical (unpaired) electrons. The second-order valence-corrected chi connectivity index (χ2v) is 8.70. The van der Waals surface area contributed by atoms with Crippen molar-refractivity contribution < 1.29 is 18.5 Å². The van der Waals surface area contributed by atoms with Crippen molar-refractivity contribution >= 4 is 27.5 Å². The number of carbonyl (C=O) groups is 1. The number of hydrogen-bond donors (Lipinski definition) is 0. The van der Waals surface area contributed by atoms with Crippen LogP contribution in [0.1, 0.15) is 37.9 Å². The van der Waals surface area contributed by atoms with Crippen LogP contribution >= 0.6 is 0 Å². The first-order valence-electron chi connectivity index (χ1n) is 10.7. The van der Waals surface area contributed by atoms with E-state index in [1.54, 1.807) is 0 Å². The molecule has 2 atom stereocenters. The summed E-state index contributed by atoms with van der Waals surface area (Å²) < 4.78 is 24.6. The van der Waals surface area contributed by atoms with Crippen LogP contribution in [-0.2, 0) is 25.1 Å². The Morgan fingerprint density at radius 3 is 2.47 bits per heavy atom. The summed E-state index contributed by atoms with van der Waals surface area (Å²) in [6.45, 7) is 2.12. The minimum atomic E-state index is -1.46. The van der Waals surface area contributed by atoms with Crippen molar-refractivity contribution in [3.05, 3.63) is 102 Å². The van der Waals surface area contributed by atoms with Gasteiger partial charge in [-0.2, -0.15) is 0 Å². The number of methoxy groups -OCH3 is 1. The fourth-order valence-corrected chi connectivity index (χ4v) is 4.89. The molecule has 3 aromatic carbocycles. The number of benzene rings is 3. The molecule has 166 valence electrons. The highest BCUT2D eigenvalue weighted by atomic mass is 32.2. The van der Waals surface area contributed by atoms with Crippen LogP contribution < -0.4 is 0 Å². The zero-order valence-corrected chi connectivity index (χ0v) is 19.2. The maximum atomic E-state index is 14.0. The Hall–Kier alpha value is -3.18. The summed E-state index contributed by atoms with van der Waals surface area (Å²) in [6.07, 6.45) is 6.76. The largest absolute Gasteiger partial charge is 0.488 e. The molecule has 0 aliphatic rings. The number of fused-ring (bicyclic) bond motifs is 1. The van der Waals surface area contributed by atoms with Gasteiger partial charge < -0.3 is 9.47 Å². The van der Waals surface area contributed by atoms with Crippen molar-refractivity contribution in [3.8, 4) is 0 Å². The van der Waals surface area contributed by atoms with E-state index in [0.29, 0.717) is 4.91 Å². The quantitative estimate of drug-likeness (QED) is 0.154. The molecule has 32 heavy (non-hydrogen) atoms. The fourth-order valence-electron chi connectivity index (χ4n) is 3.39. The molecule has 0 N–H and O–H groups in total. The smallest absolute Gasteiger partial charge is 0.333 e. The van der Waals surface area contributed by atoms with E-state index in [4.69, 9.17) is 4.74 Å². The number of allylic oxidation sites excluding steroid dienone is 1. The Balaban J connectivity index is 2.07. The number of rotatable bonds is 10. The van der Waals surface area contributed by atoms with Crippen LogP contribution in [0.15, 0.2) is 101 Å². The molecule has 0 amide bonds. The van der Waals surface area contributed by atoms with Crippen LogP contribution in [0.5, 0.6) is 0 Å². The normalized spacial score (nSPS) is 13.8. The lowest BCUT2D eigenvalue weighted by Gasteiger charge is -2.21. The van der Waals surface area contributed by atoms with Crippen molar-refractivity contribution in [2.24, 2.45) is 0 Å². The van der Waals surface area contributed by atoms with E-state index in [1.165, 1.54) is 19.4 Å². The van der Waals surface area contributed by atoms with Gasteiger partial charge in [-0.05, 0) is 28.8 Å². The third-order valence-corrected chi connectivity index (χ3v) is 6.61. The van der Waals surface area contributed by atoms with Gasteiger partial charge in [0.15, 0.2) is 6.10 Å². The second-order valence-electron chi connectivity index (χ2n) is 7.25. The lowest BCUT2D eigenvalue weighted by atomic mass is 10.1. The maximum absolute atomic E-state index is 14.0. The van der Waals surface area contributed by atoms with Crippen molar-refractivity contribution in [1.29, 1.82) is 0 Å². The zero-order valence-electron chi connectivity index (χ0n) is 18.4. The Labute approximate surface area is 192 Å². The van der Waals surface area contributed by atoms with Gasteiger partial charge in [0.1, 0.15) is 0 Å². The average Bonchev–Trinajstić information content (AvgIpc) is 2.84. The van der Waals surface area contributed by atoms with Crippen molar-refractivity contribution in [3.63, 3.8) is 0 Å². The molecule has 0 spiro atoms. The molecule has 0 fully saturated rings. The molecular weight excluding hydrogens is 420 g/mol. The molecule has 5 heteroatoms. The predicted octanol–water partition coefficient (Wildman–Crippen LogP) is 6.47. The number of ether oxygens (including phenoxy) is 2. The Bertz CT molecular complexity index is 1110. The van der Waals surface area contributed by atoms with E-state index < -0.39 is 22.9 Å². The van der Waals surface area contributed by atoms with E-state index in [9.17, 15) is 9.00 Å². The first-order chi connectivity index (χ1) is 15.7. The Kier molecular flexibility index (Phi) is 8.81. The Morgan fingerprint density at radius 2 is 1.72 bits per heavy atom. The van der Waals surface area contributed by atoms with Crippen molar-refractivity contribution in [2.75, 3.05) is 7.11 Å². The Morgan fingerprint density at radius 1 is 1.00 bits per heavy atom. The first-order valence-corrected chi connectivity index (χ1v) is 11.8. The third kappa shape index (κ3) is 5.95. The van der Waals surface area contributed by atoms with Gasteiger partial charge in [0, 0.05) is 0 Å². The lowest BCUT2D eigenvalue weighted by molar-refractivity contribution is -0.135. The number of carbonyl (C=O) groups excluding carboxylic acids is 1. The minimum absolute atomic E-state index is 0.511. The van der Waals surface area contributed by atoms with Gasteiger partial charge in [-0.15, -0.1) is 0 Å². The molecule has 3 aromatic rings. The molecule has 4 nitrogen and oxygen atoms in total. The molecule has 3 rings (SSSR count). The number of unbranched alkanes of at least 4 members (excludes halogenated alkanes) is 2. The van der Waals surface area contributed by atoms with Gasteiger partial charge in [0.05, 0.1) is 40.0 Å². The molecule has 0 aliphatic carbocycles. The number of hydrogen-bond acceptors (Lipinski definition) is 4. The summed E-state index contributed by atoms with van der Waals surface area (Å²) in [4.78, 5) is 13.0. The topological polar surface area (TPSA) is 52.6 Å². The van der Waals surface area contributed by atoms with Crippen LogP contribution in [0, 0.1) is 0 Å². The van der Waals surface area contributed by atoms with Crippen LogP contribution in [0.4, 0.5) is 0 Å². The summed E-state index contributed by atoms with van der Waals surface area (Å²) in [6, 6.07) is 23.4. The van der Waals surface area contributed by atoms with E-state index in [-0.39, 0.29) is 0 Å². The van der Waals surface area contributed by atoms with Crippen molar-refractivity contribution in [1.82, 2.24) is 0 Å².